The topological polar surface area (TPSA) is 86.8 Å². The summed E-state index contributed by atoms with van der Waals surface area (Å²) in [7, 11) is 3.24. The van der Waals surface area contributed by atoms with Crippen molar-refractivity contribution in [3.63, 3.8) is 0 Å². The molecule has 3 N–H and O–H groups in total. The quantitative estimate of drug-likeness (QED) is 0.331. The SMILES string of the molecule is COc1ccccc1[C@H]1CC(=O)C2=C(C1)NC(C)=C(C(O)O[C@H]1CN(C)CC(F)(F)C1)[C@H]2c1cccc2[nH]ccc12.[HH].[HH]. The van der Waals surface area contributed by atoms with Crippen molar-refractivity contribution in [1.29, 1.82) is 0 Å². The number of likely N-dealkylation sites (N-methyl/N-ethyl adjacent to an activating group) is 1. The predicted octanol–water partition coefficient (Wildman–Crippen LogP) is 5.70. The van der Waals surface area contributed by atoms with Gasteiger partial charge in [-0.1, -0.05) is 30.3 Å². The minimum absolute atomic E-state index is 0. The van der Waals surface area contributed by atoms with Crippen LogP contribution in [0, 0.1) is 0 Å². The van der Waals surface area contributed by atoms with E-state index in [4.69, 9.17) is 9.47 Å². The van der Waals surface area contributed by atoms with E-state index in [9.17, 15) is 18.7 Å². The number of Topliss-reactive ketones (excluding diaryl/α,β-unsaturated/α-hetero) is 1. The lowest BCUT2D eigenvalue weighted by Crippen LogP contribution is -2.49. The van der Waals surface area contributed by atoms with Crippen LogP contribution in [0.5, 0.6) is 5.75 Å². The van der Waals surface area contributed by atoms with Crippen molar-refractivity contribution >= 4 is 16.7 Å². The number of alkyl halides is 2. The summed E-state index contributed by atoms with van der Waals surface area (Å²) in [5.41, 5.74) is 5.23. The zero-order valence-corrected chi connectivity index (χ0v) is 23.4. The van der Waals surface area contributed by atoms with Crippen LogP contribution in [0.15, 0.2) is 77.3 Å². The fraction of sp³-hybridized carbons (Fsp3) is 0.406. The molecule has 3 aliphatic rings. The molecule has 4 atom stereocenters. The number of benzene rings is 2. The maximum absolute atomic E-state index is 14.4. The molecule has 1 unspecified atom stereocenters. The lowest BCUT2D eigenvalue weighted by Gasteiger charge is -2.41. The Hall–Kier alpha value is -3.53. The number of carbonyl (C=O) groups is 1. The van der Waals surface area contributed by atoms with Crippen molar-refractivity contribution in [2.24, 2.45) is 0 Å². The van der Waals surface area contributed by atoms with Gasteiger partial charge in [-0.3, -0.25) is 9.69 Å². The van der Waals surface area contributed by atoms with Gasteiger partial charge >= 0.3 is 0 Å². The molecule has 0 saturated carbocycles. The second kappa shape index (κ2) is 10.7. The molecule has 7 nitrogen and oxygen atoms in total. The van der Waals surface area contributed by atoms with E-state index in [-0.39, 0.29) is 34.1 Å². The lowest BCUT2D eigenvalue weighted by atomic mass is 9.71. The van der Waals surface area contributed by atoms with Crippen molar-refractivity contribution in [1.82, 2.24) is 15.2 Å². The zero-order valence-electron chi connectivity index (χ0n) is 23.4. The molecule has 3 heterocycles. The van der Waals surface area contributed by atoms with E-state index in [0.717, 1.165) is 33.5 Å². The number of para-hydroxylation sites is 1. The largest absolute Gasteiger partial charge is 0.496 e. The number of halogens is 2. The van der Waals surface area contributed by atoms with Gasteiger partial charge in [0.25, 0.3) is 5.92 Å². The first kappa shape index (κ1) is 27.6. The van der Waals surface area contributed by atoms with Crippen LogP contribution in [-0.2, 0) is 9.53 Å². The molecule has 2 aromatic carbocycles. The number of piperidine rings is 1. The van der Waals surface area contributed by atoms with Gasteiger partial charge in [0.2, 0.25) is 0 Å². The molecule has 0 amide bonds. The molecule has 1 fully saturated rings. The molecular weight excluding hydrogens is 528 g/mol. The van der Waals surface area contributed by atoms with Gasteiger partial charge in [-0.05, 0) is 49.7 Å². The Labute approximate surface area is 240 Å². The number of rotatable bonds is 6. The van der Waals surface area contributed by atoms with Crippen molar-refractivity contribution in [2.45, 2.75) is 56.3 Å². The minimum atomic E-state index is -2.91. The first-order chi connectivity index (χ1) is 19.6. The van der Waals surface area contributed by atoms with E-state index in [2.05, 4.69) is 10.3 Å². The Morgan fingerprint density at radius 1 is 1.12 bits per heavy atom. The number of allylic oxidation sites excluding steroid dienone is 3. The zero-order chi connectivity index (χ0) is 28.9. The first-order valence-electron chi connectivity index (χ1n) is 14.0. The van der Waals surface area contributed by atoms with Gasteiger partial charge < -0.3 is 24.9 Å². The summed E-state index contributed by atoms with van der Waals surface area (Å²) >= 11 is 0. The average molecular weight is 568 g/mol. The number of aromatic nitrogens is 1. The van der Waals surface area contributed by atoms with Crippen LogP contribution < -0.4 is 10.1 Å². The number of carbonyl (C=O) groups excluding carboxylic acids is 1. The Kier molecular flexibility index (Phi) is 7.21. The fourth-order valence-electron chi connectivity index (χ4n) is 6.91. The molecule has 0 bridgehead atoms. The number of fused-ring (bicyclic) bond motifs is 1. The summed E-state index contributed by atoms with van der Waals surface area (Å²) in [5.74, 6) is -2.89. The molecule has 1 aromatic heterocycles. The van der Waals surface area contributed by atoms with Crippen molar-refractivity contribution < 1.29 is 31.0 Å². The number of aromatic amines is 1. The standard InChI is InChI=1S/C32H35F2N3O4.2H2/c1-18-28(31(39)41-20-15-32(33,34)17-37(2)16-20)29(23-8-6-9-24-22(23)11-12-35-24)30-25(36-18)13-19(14-26(30)38)21-7-4-5-10-27(21)40-3;;/h4-12,19-20,29,31,35-36,39H,13-17H2,1-3H3;2*1H/t19-,20-,29-,31?;;/m1../s1. The number of dihydropyridines is 1. The number of hydrogen-bond acceptors (Lipinski definition) is 6. The van der Waals surface area contributed by atoms with Gasteiger partial charge in [-0.25, -0.2) is 8.78 Å². The van der Waals surface area contributed by atoms with Crippen LogP contribution >= 0.6 is 0 Å². The molecule has 6 rings (SSSR count). The maximum atomic E-state index is 14.4. The number of methoxy groups -OCH3 is 1. The summed E-state index contributed by atoms with van der Waals surface area (Å²) in [4.78, 5) is 18.8. The van der Waals surface area contributed by atoms with E-state index in [0.29, 0.717) is 23.3 Å². The summed E-state index contributed by atoms with van der Waals surface area (Å²) in [6.07, 6.45) is -0.114. The van der Waals surface area contributed by atoms with Gasteiger partial charge in [0.1, 0.15) is 5.75 Å². The Morgan fingerprint density at radius 2 is 1.90 bits per heavy atom. The van der Waals surface area contributed by atoms with Crippen LogP contribution in [0.4, 0.5) is 8.78 Å². The van der Waals surface area contributed by atoms with Gasteiger partial charge in [-0.15, -0.1) is 0 Å². The molecule has 1 saturated heterocycles. The second-order valence-electron chi connectivity index (χ2n) is 11.5. The van der Waals surface area contributed by atoms with Crippen LogP contribution in [-0.4, -0.2) is 66.3 Å². The van der Waals surface area contributed by atoms with E-state index < -0.39 is 30.7 Å². The molecule has 0 radical (unpaired) electrons. The third-order valence-corrected chi connectivity index (χ3v) is 8.53. The molecule has 9 heteroatoms. The van der Waals surface area contributed by atoms with Gasteiger partial charge in [-0.2, -0.15) is 0 Å². The lowest BCUT2D eigenvalue weighted by molar-refractivity contribution is -0.173. The van der Waals surface area contributed by atoms with Crippen LogP contribution in [0.25, 0.3) is 10.9 Å². The Bertz CT molecular complexity index is 1560. The van der Waals surface area contributed by atoms with Crippen molar-refractivity contribution in [3.8, 4) is 5.75 Å². The third-order valence-electron chi connectivity index (χ3n) is 8.53. The summed E-state index contributed by atoms with van der Waals surface area (Å²) in [5, 5.41) is 15.9. The molecule has 2 aliphatic heterocycles. The first-order valence-corrected chi connectivity index (χ1v) is 14.0. The molecule has 3 aromatic rings. The highest BCUT2D eigenvalue weighted by molar-refractivity contribution is 6.01. The maximum Gasteiger partial charge on any atom is 0.263 e. The fourth-order valence-corrected chi connectivity index (χ4v) is 6.91. The number of aliphatic hydroxyl groups is 1. The van der Waals surface area contributed by atoms with Gasteiger partial charge in [0.15, 0.2) is 12.1 Å². The van der Waals surface area contributed by atoms with Crippen molar-refractivity contribution in [2.75, 3.05) is 27.2 Å². The number of hydrogen-bond donors (Lipinski definition) is 3. The summed E-state index contributed by atoms with van der Waals surface area (Å²) < 4.78 is 40.3. The smallest absolute Gasteiger partial charge is 0.263 e. The average Bonchev–Trinajstić information content (AvgIpc) is 3.40. The van der Waals surface area contributed by atoms with Crippen LogP contribution in [0.1, 0.15) is 52.0 Å². The Morgan fingerprint density at radius 3 is 2.68 bits per heavy atom. The van der Waals surface area contributed by atoms with E-state index in [1.54, 1.807) is 14.2 Å². The number of nitrogens with one attached hydrogen (secondary N) is 2. The monoisotopic (exact) mass is 567 g/mol. The summed E-state index contributed by atoms with van der Waals surface area (Å²) in [6.45, 7) is 1.77. The minimum Gasteiger partial charge on any atom is -0.496 e. The number of likely N-dealkylation sites (tertiary alicyclic amines) is 1. The van der Waals surface area contributed by atoms with E-state index in [1.807, 2.05) is 61.7 Å². The normalized spacial score (nSPS) is 25.7. The van der Waals surface area contributed by atoms with Gasteiger partial charge in [0, 0.05) is 73.7 Å². The molecule has 41 heavy (non-hydrogen) atoms. The van der Waals surface area contributed by atoms with E-state index >= 15 is 0 Å². The molecule has 220 valence electrons. The predicted molar refractivity (Wildman–Crippen MR) is 156 cm³/mol. The third kappa shape index (κ3) is 5.18. The number of aliphatic hydroxyl groups excluding tert-OH is 1. The molecule has 1 aliphatic carbocycles. The second-order valence-corrected chi connectivity index (χ2v) is 11.5. The highest BCUT2D eigenvalue weighted by atomic mass is 19.3. The van der Waals surface area contributed by atoms with Crippen molar-refractivity contribution in [3.05, 3.63) is 88.4 Å². The number of H-pyrrole nitrogens is 1. The highest BCUT2D eigenvalue weighted by Gasteiger charge is 2.44. The summed E-state index contributed by atoms with van der Waals surface area (Å²) in [6, 6.07) is 15.5. The van der Waals surface area contributed by atoms with Gasteiger partial charge in [0.05, 0.1) is 19.8 Å². The van der Waals surface area contributed by atoms with Crippen LogP contribution in [0.3, 0.4) is 0 Å². The molecular formula is C32H39F2N3O4. The number of nitrogens with zero attached hydrogens (tertiary/aromatic N) is 1. The molecule has 0 spiro atoms. The Balaban J connectivity index is 0.00000212. The van der Waals surface area contributed by atoms with Crippen LogP contribution in [0.2, 0.25) is 0 Å². The highest BCUT2D eigenvalue weighted by Crippen LogP contribution is 2.49. The number of ketones is 1. The number of ether oxygens (including phenoxy) is 2. The van der Waals surface area contributed by atoms with E-state index in [1.165, 1.54) is 4.90 Å².